The van der Waals surface area contributed by atoms with Gasteiger partial charge in [-0.3, -0.25) is 4.90 Å². The summed E-state index contributed by atoms with van der Waals surface area (Å²) in [6.07, 6.45) is 8.05. The van der Waals surface area contributed by atoms with Crippen molar-refractivity contribution in [1.82, 2.24) is 15.2 Å². The van der Waals surface area contributed by atoms with E-state index in [-0.39, 0.29) is 0 Å². The molecule has 149 valence electrons. The molecule has 0 spiro atoms. The zero-order valence-electron chi connectivity index (χ0n) is 16.6. The number of para-hydroxylation sites is 2. The molecule has 30 heavy (non-hydrogen) atoms. The Morgan fingerprint density at radius 3 is 1.73 bits per heavy atom. The summed E-state index contributed by atoms with van der Waals surface area (Å²) < 4.78 is 0. The average molecular weight is 416 g/mol. The van der Waals surface area contributed by atoms with Gasteiger partial charge in [-0.25, -0.2) is 0 Å². The Bertz CT molecular complexity index is 1120. The van der Waals surface area contributed by atoms with Gasteiger partial charge in [0, 0.05) is 50.3 Å². The summed E-state index contributed by atoms with van der Waals surface area (Å²) in [5.74, 6) is 1.81. The van der Waals surface area contributed by atoms with Crippen LogP contribution in [0.3, 0.4) is 0 Å². The predicted octanol–water partition coefficient (Wildman–Crippen LogP) is 4.38. The number of nitrogens with zero attached hydrogens (tertiary/aromatic N) is 6. The SMILES string of the molecule is CN1C=CN(c2ccccc2)C1=C1[N]N=C(Cl)C1=C1N(C)C=CN1c1ccccc1. The maximum atomic E-state index is 6.62. The van der Waals surface area contributed by atoms with E-state index in [0.717, 1.165) is 34.3 Å². The monoisotopic (exact) mass is 415 g/mol. The first-order valence-electron chi connectivity index (χ1n) is 9.59. The number of hydrogen-bond donors (Lipinski definition) is 0. The zero-order chi connectivity index (χ0) is 20.7. The van der Waals surface area contributed by atoms with Gasteiger partial charge < -0.3 is 14.7 Å². The molecule has 0 unspecified atom stereocenters. The van der Waals surface area contributed by atoms with Crippen LogP contribution in [0.4, 0.5) is 11.4 Å². The first-order chi connectivity index (χ1) is 14.6. The van der Waals surface area contributed by atoms with Crippen LogP contribution in [-0.2, 0) is 0 Å². The highest BCUT2D eigenvalue weighted by molar-refractivity contribution is 6.70. The Morgan fingerprint density at radius 2 is 1.17 bits per heavy atom. The van der Waals surface area contributed by atoms with Gasteiger partial charge in [-0.1, -0.05) is 48.0 Å². The van der Waals surface area contributed by atoms with Crippen LogP contribution < -0.4 is 15.2 Å². The number of rotatable bonds is 2. The lowest BCUT2D eigenvalue weighted by molar-refractivity contribution is 0.560. The largest absolute Gasteiger partial charge is 0.335 e. The molecular weight excluding hydrogens is 396 g/mol. The van der Waals surface area contributed by atoms with Crippen LogP contribution in [0.25, 0.3) is 0 Å². The van der Waals surface area contributed by atoms with E-state index in [1.807, 2.05) is 85.1 Å². The van der Waals surface area contributed by atoms with E-state index in [1.165, 1.54) is 0 Å². The second-order valence-corrected chi connectivity index (χ2v) is 7.45. The van der Waals surface area contributed by atoms with Crippen LogP contribution in [0.15, 0.2) is 113 Å². The Hall–Kier alpha value is -3.64. The van der Waals surface area contributed by atoms with Gasteiger partial charge in [0.15, 0.2) is 5.17 Å². The van der Waals surface area contributed by atoms with Crippen molar-refractivity contribution in [3.05, 3.63) is 108 Å². The number of benzene rings is 2. The standard InChI is InChI=1S/C23H20ClN6/c1-27-13-15-29(17-9-5-3-6-10-17)22(27)19-20(25-26-21(19)24)23-28(2)14-16-30(23)18-11-7-4-8-12-18/h3-16H,1-2H3. The molecule has 1 radical (unpaired) electrons. The van der Waals surface area contributed by atoms with Crippen molar-refractivity contribution in [2.24, 2.45) is 5.10 Å². The highest BCUT2D eigenvalue weighted by Crippen LogP contribution is 2.38. The molecule has 0 saturated heterocycles. The molecule has 5 rings (SSSR count). The molecule has 0 saturated carbocycles. The summed E-state index contributed by atoms with van der Waals surface area (Å²) in [4.78, 5) is 8.27. The number of hydrogen-bond acceptors (Lipinski definition) is 5. The second kappa shape index (κ2) is 7.31. The third kappa shape index (κ3) is 2.93. The Kier molecular flexibility index (Phi) is 4.48. The highest BCUT2D eigenvalue weighted by atomic mass is 35.5. The number of allylic oxidation sites excluding steroid dienone is 1. The molecule has 0 fully saturated rings. The summed E-state index contributed by atoms with van der Waals surface area (Å²) in [6, 6.07) is 20.3. The van der Waals surface area contributed by atoms with Crippen molar-refractivity contribution < 1.29 is 0 Å². The van der Waals surface area contributed by atoms with Gasteiger partial charge in [0.2, 0.25) is 0 Å². The molecule has 7 heteroatoms. The van der Waals surface area contributed by atoms with Crippen molar-refractivity contribution in [2.45, 2.75) is 0 Å². The van der Waals surface area contributed by atoms with Crippen molar-refractivity contribution in [3.63, 3.8) is 0 Å². The fraction of sp³-hybridized carbons (Fsp3) is 0.0870. The van der Waals surface area contributed by atoms with E-state index in [4.69, 9.17) is 11.6 Å². The van der Waals surface area contributed by atoms with Crippen LogP contribution >= 0.6 is 11.6 Å². The Labute approximate surface area is 180 Å². The van der Waals surface area contributed by atoms with E-state index in [0.29, 0.717) is 5.17 Å². The fourth-order valence-electron chi connectivity index (χ4n) is 3.77. The number of halogens is 1. The van der Waals surface area contributed by atoms with Gasteiger partial charge in [-0.15, -0.1) is 10.5 Å². The number of anilines is 2. The molecular formula is C23H20ClN6. The Balaban J connectivity index is 1.68. The van der Waals surface area contributed by atoms with E-state index in [2.05, 4.69) is 44.6 Å². The molecule has 0 amide bonds. The van der Waals surface area contributed by atoms with Gasteiger partial charge in [0.25, 0.3) is 0 Å². The first-order valence-corrected chi connectivity index (χ1v) is 9.97. The topological polar surface area (TPSA) is 39.4 Å². The summed E-state index contributed by atoms with van der Waals surface area (Å²) >= 11 is 6.62. The Morgan fingerprint density at radius 1 is 0.667 bits per heavy atom. The van der Waals surface area contributed by atoms with E-state index in [1.54, 1.807) is 0 Å². The third-order valence-corrected chi connectivity index (χ3v) is 5.45. The summed E-state index contributed by atoms with van der Waals surface area (Å²) in [6.45, 7) is 0. The fourth-order valence-corrected chi connectivity index (χ4v) is 3.99. The van der Waals surface area contributed by atoms with E-state index < -0.39 is 0 Å². The van der Waals surface area contributed by atoms with Crippen LogP contribution in [-0.4, -0.2) is 29.1 Å². The molecule has 6 nitrogen and oxygen atoms in total. The maximum Gasteiger partial charge on any atom is 0.164 e. The van der Waals surface area contributed by atoms with Crippen LogP contribution in [0.5, 0.6) is 0 Å². The first kappa shape index (κ1) is 18.4. The average Bonchev–Trinajstić information content (AvgIpc) is 3.45. The maximum absolute atomic E-state index is 6.62. The third-order valence-electron chi connectivity index (χ3n) is 5.19. The van der Waals surface area contributed by atoms with Gasteiger partial charge in [-0.05, 0) is 24.3 Å². The lowest BCUT2D eigenvalue weighted by Crippen LogP contribution is -2.27. The van der Waals surface area contributed by atoms with Crippen LogP contribution in [0.1, 0.15) is 0 Å². The summed E-state index contributed by atoms with van der Waals surface area (Å²) in [7, 11) is 4.00. The molecule has 0 atom stereocenters. The molecule has 3 aliphatic rings. The van der Waals surface area contributed by atoms with Crippen molar-refractivity contribution in [2.75, 3.05) is 23.9 Å². The molecule has 2 aromatic rings. The van der Waals surface area contributed by atoms with Crippen molar-refractivity contribution in [3.8, 4) is 0 Å². The smallest absolute Gasteiger partial charge is 0.164 e. The minimum Gasteiger partial charge on any atom is -0.335 e. The molecule has 0 aliphatic carbocycles. The molecule has 3 heterocycles. The summed E-state index contributed by atoms with van der Waals surface area (Å²) in [5, 5.41) is 4.61. The molecule has 0 bridgehead atoms. The minimum atomic E-state index is 0.372. The van der Waals surface area contributed by atoms with Gasteiger partial charge in [-0.2, -0.15) is 0 Å². The van der Waals surface area contributed by atoms with Crippen LogP contribution in [0.2, 0.25) is 0 Å². The van der Waals surface area contributed by atoms with E-state index >= 15 is 0 Å². The molecule has 3 aliphatic heterocycles. The summed E-state index contributed by atoms with van der Waals surface area (Å²) in [5.41, 5.74) is 8.09. The zero-order valence-corrected chi connectivity index (χ0v) is 17.4. The molecule has 0 aromatic heterocycles. The van der Waals surface area contributed by atoms with Gasteiger partial charge in [0.05, 0.1) is 5.57 Å². The quantitative estimate of drug-likeness (QED) is 0.729. The van der Waals surface area contributed by atoms with Crippen molar-refractivity contribution in [1.29, 1.82) is 0 Å². The van der Waals surface area contributed by atoms with E-state index in [9.17, 15) is 0 Å². The minimum absolute atomic E-state index is 0.372. The normalized spacial score (nSPS) is 23.0. The van der Waals surface area contributed by atoms with Gasteiger partial charge >= 0.3 is 0 Å². The predicted molar refractivity (Wildman–Crippen MR) is 121 cm³/mol. The lowest BCUT2D eigenvalue weighted by Gasteiger charge is -2.27. The van der Waals surface area contributed by atoms with Crippen LogP contribution in [0, 0.1) is 0 Å². The van der Waals surface area contributed by atoms with Crippen molar-refractivity contribution >= 4 is 28.1 Å². The van der Waals surface area contributed by atoms with Gasteiger partial charge in [0.1, 0.15) is 17.3 Å². The molecule has 2 aromatic carbocycles. The lowest BCUT2D eigenvalue weighted by atomic mass is 10.1. The highest BCUT2D eigenvalue weighted by Gasteiger charge is 2.36. The molecule has 0 N–H and O–H groups in total. The second-order valence-electron chi connectivity index (χ2n) is 7.09.